The lowest BCUT2D eigenvalue weighted by molar-refractivity contribution is -0.117. The van der Waals surface area contributed by atoms with E-state index in [1.165, 1.54) is 6.21 Å². The fourth-order valence-corrected chi connectivity index (χ4v) is 4.68. The van der Waals surface area contributed by atoms with Gasteiger partial charge >= 0.3 is 5.97 Å². The fraction of sp³-hybridized carbons (Fsp3) is 0.292. The molecular weight excluding hydrogens is 442 g/mol. The summed E-state index contributed by atoms with van der Waals surface area (Å²) >= 11 is 1.15. The standard InChI is InChI=1S/C24H23N3O5S/c1-4-32-23(31)20-16-13-33-21(25-12-15-17(28)10-24(2,3)11-18(15)29)19(16)22(30)27(26-20)14-8-6-5-7-9-14/h5-9,12-13,28H,4,10-11H2,1-3H3/b25-12+. The number of hydrogen-bond donors (Lipinski definition) is 1. The molecule has 33 heavy (non-hydrogen) atoms. The highest BCUT2D eigenvalue weighted by molar-refractivity contribution is 7.15. The zero-order valence-electron chi connectivity index (χ0n) is 18.5. The number of benzene rings is 1. The summed E-state index contributed by atoms with van der Waals surface area (Å²) in [7, 11) is 0. The number of carbonyl (C=O) groups excluding carboxylic acids is 2. The number of ketones is 1. The van der Waals surface area contributed by atoms with Crippen LogP contribution in [-0.2, 0) is 9.53 Å². The van der Waals surface area contributed by atoms with Gasteiger partial charge in [0.05, 0.1) is 23.3 Å². The van der Waals surface area contributed by atoms with Crippen LogP contribution in [0, 0.1) is 5.41 Å². The van der Waals surface area contributed by atoms with Gasteiger partial charge in [0.25, 0.3) is 5.56 Å². The van der Waals surface area contributed by atoms with Crippen molar-refractivity contribution in [1.82, 2.24) is 9.78 Å². The maximum Gasteiger partial charge on any atom is 0.359 e. The largest absolute Gasteiger partial charge is 0.511 e. The molecule has 4 rings (SSSR count). The van der Waals surface area contributed by atoms with Crippen LogP contribution >= 0.6 is 11.3 Å². The van der Waals surface area contributed by atoms with E-state index in [0.29, 0.717) is 28.9 Å². The average molecular weight is 466 g/mol. The summed E-state index contributed by atoms with van der Waals surface area (Å²) in [5.74, 6) is -0.870. The number of thiophene rings is 1. The van der Waals surface area contributed by atoms with Crippen LogP contribution in [0.3, 0.4) is 0 Å². The maximum atomic E-state index is 13.4. The van der Waals surface area contributed by atoms with Crippen LogP contribution < -0.4 is 5.56 Å². The first kappa shape index (κ1) is 22.6. The van der Waals surface area contributed by atoms with Crippen LogP contribution in [0.4, 0.5) is 5.00 Å². The van der Waals surface area contributed by atoms with Crippen molar-refractivity contribution in [2.45, 2.75) is 33.6 Å². The predicted molar refractivity (Wildman–Crippen MR) is 127 cm³/mol. The number of aromatic nitrogens is 2. The molecule has 170 valence electrons. The van der Waals surface area contributed by atoms with Gasteiger partial charge in [0, 0.05) is 29.8 Å². The minimum Gasteiger partial charge on any atom is -0.511 e. The normalized spacial score (nSPS) is 16.0. The van der Waals surface area contributed by atoms with E-state index in [1.807, 2.05) is 19.9 Å². The van der Waals surface area contributed by atoms with E-state index in [9.17, 15) is 19.5 Å². The van der Waals surface area contributed by atoms with Crippen LogP contribution in [0.2, 0.25) is 0 Å². The molecule has 1 aliphatic carbocycles. The molecule has 2 aromatic heterocycles. The molecule has 1 aromatic carbocycles. The Morgan fingerprint density at radius 3 is 2.67 bits per heavy atom. The number of carbonyl (C=O) groups is 2. The molecule has 0 atom stereocenters. The van der Waals surface area contributed by atoms with Crippen molar-refractivity contribution < 1.29 is 19.4 Å². The SMILES string of the molecule is CCOC(=O)c1nn(-c2ccccc2)c(=O)c2c(/N=C/C3=C(O)CC(C)(C)CC3=O)scc12. The molecule has 2 heterocycles. The van der Waals surface area contributed by atoms with E-state index in [0.717, 1.165) is 16.0 Å². The van der Waals surface area contributed by atoms with Crippen molar-refractivity contribution in [2.24, 2.45) is 10.4 Å². The lowest BCUT2D eigenvalue weighted by atomic mass is 9.77. The maximum absolute atomic E-state index is 13.4. The van der Waals surface area contributed by atoms with E-state index in [1.54, 1.807) is 36.6 Å². The Kier molecular flexibility index (Phi) is 5.99. The Morgan fingerprint density at radius 1 is 1.27 bits per heavy atom. The summed E-state index contributed by atoms with van der Waals surface area (Å²) in [5, 5.41) is 17.1. The van der Waals surface area contributed by atoms with Gasteiger partial charge in [-0.15, -0.1) is 11.3 Å². The molecule has 0 radical (unpaired) electrons. The number of ether oxygens (including phenoxy) is 1. The number of nitrogens with zero attached hydrogens (tertiary/aromatic N) is 3. The van der Waals surface area contributed by atoms with Gasteiger partial charge in [0.1, 0.15) is 10.8 Å². The average Bonchev–Trinajstić information content (AvgIpc) is 3.18. The molecule has 0 spiro atoms. The van der Waals surface area contributed by atoms with Gasteiger partial charge in [0.15, 0.2) is 11.5 Å². The summed E-state index contributed by atoms with van der Waals surface area (Å²) in [4.78, 5) is 42.8. The van der Waals surface area contributed by atoms with Gasteiger partial charge in [0.2, 0.25) is 0 Å². The second kappa shape index (κ2) is 8.74. The third-order valence-electron chi connectivity index (χ3n) is 5.31. The molecule has 9 heteroatoms. The number of Topliss-reactive ketones (excluding diaryl/α,β-unsaturated/α-hetero) is 1. The topological polar surface area (TPSA) is 111 Å². The number of allylic oxidation sites excluding steroid dienone is 2. The molecule has 0 unspecified atom stereocenters. The number of aliphatic hydroxyl groups excluding tert-OH is 1. The Bertz CT molecular complexity index is 1370. The minimum atomic E-state index is -0.648. The van der Waals surface area contributed by atoms with Gasteiger partial charge < -0.3 is 9.84 Å². The van der Waals surface area contributed by atoms with Gasteiger partial charge in [-0.05, 0) is 24.5 Å². The Balaban J connectivity index is 1.88. The molecular formula is C24H23N3O5S. The first-order valence-corrected chi connectivity index (χ1v) is 11.4. The monoisotopic (exact) mass is 465 g/mol. The predicted octanol–water partition coefficient (Wildman–Crippen LogP) is 4.53. The van der Waals surface area contributed by atoms with E-state index >= 15 is 0 Å². The molecule has 1 N–H and O–H groups in total. The lowest BCUT2D eigenvalue weighted by Crippen LogP contribution is -2.26. The quantitative estimate of drug-likeness (QED) is 0.438. The number of hydrogen-bond acceptors (Lipinski definition) is 8. The van der Waals surface area contributed by atoms with Gasteiger partial charge in [-0.3, -0.25) is 9.59 Å². The zero-order valence-corrected chi connectivity index (χ0v) is 19.3. The highest BCUT2D eigenvalue weighted by atomic mass is 32.1. The smallest absolute Gasteiger partial charge is 0.359 e. The fourth-order valence-electron chi connectivity index (χ4n) is 3.79. The number of rotatable bonds is 5. The van der Waals surface area contributed by atoms with E-state index in [4.69, 9.17) is 4.74 Å². The van der Waals surface area contributed by atoms with Gasteiger partial charge in [-0.2, -0.15) is 9.78 Å². The lowest BCUT2D eigenvalue weighted by Gasteiger charge is -2.28. The number of para-hydroxylation sites is 1. The van der Waals surface area contributed by atoms with Crippen LogP contribution in [-0.4, -0.2) is 39.5 Å². The highest BCUT2D eigenvalue weighted by Crippen LogP contribution is 2.36. The molecule has 0 saturated carbocycles. The molecule has 1 aliphatic rings. The van der Waals surface area contributed by atoms with E-state index < -0.39 is 11.5 Å². The summed E-state index contributed by atoms with van der Waals surface area (Å²) in [6.07, 6.45) is 1.96. The first-order valence-electron chi connectivity index (χ1n) is 10.5. The molecule has 0 aliphatic heterocycles. The van der Waals surface area contributed by atoms with Crippen LogP contribution in [0.25, 0.3) is 16.5 Å². The van der Waals surface area contributed by atoms with Crippen LogP contribution in [0.1, 0.15) is 44.1 Å². The molecule has 3 aromatic rings. The second-order valence-electron chi connectivity index (χ2n) is 8.51. The molecule has 0 fully saturated rings. The number of aliphatic imine (C=N–C) groups is 1. The summed E-state index contributed by atoms with van der Waals surface area (Å²) < 4.78 is 6.29. The first-order chi connectivity index (χ1) is 15.7. The van der Waals surface area contributed by atoms with Crippen molar-refractivity contribution in [2.75, 3.05) is 6.61 Å². The second-order valence-corrected chi connectivity index (χ2v) is 9.37. The third kappa shape index (κ3) is 4.36. The van der Waals surface area contributed by atoms with Crippen LogP contribution in [0.15, 0.2) is 56.8 Å². The van der Waals surface area contributed by atoms with Gasteiger partial charge in [-0.25, -0.2) is 9.79 Å². The Hall–Kier alpha value is -3.59. The Morgan fingerprint density at radius 2 is 2.00 bits per heavy atom. The molecule has 0 bridgehead atoms. The van der Waals surface area contributed by atoms with Crippen molar-refractivity contribution in [3.8, 4) is 5.69 Å². The molecule has 8 nitrogen and oxygen atoms in total. The highest BCUT2D eigenvalue weighted by Gasteiger charge is 2.32. The number of fused-ring (bicyclic) bond motifs is 1. The summed E-state index contributed by atoms with van der Waals surface area (Å²) in [5.41, 5.74) is -0.143. The van der Waals surface area contributed by atoms with Gasteiger partial charge in [-0.1, -0.05) is 32.0 Å². The Labute approximate surface area is 193 Å². The minimum absolute atomic E-state index is 0.00515. The van der Waals surface area contributed by atoms with Crippen molar-refractivity contribution >= 4 is 45.1 Å². The number of aliphatic hydroxyl groups is 1. The van der Waals surface area contributed by atoms with E-state index in [-0.39, 0.29) is 40.2 Å². The third-order valence-corrected chi connectivity index (χ3v) is 6.20. The van der Waals surface area contributed by atoms with Crippen molar-refractivity contribution in [3.63, 3.8) is 0 Å². The zero-order chi connectivity index (χ0) is 23.8. The van der Waals surface area contributed by atoms with Crippen LogP contribution in [0.5, 0.6) is 0 Å². The number of esters is 1. The molecule has 0 amide bonds. The summed E-state index contributed by atoms with van der Waals surface area (Å²) in [6.45, 7) is 5.68. The van der Waals surface area contributed by atoms with Crippen molar-refractivity contribution in [1.29, 1.82) is 0 Å². The van der Waals surface area contributed by atoms with E-state index in [2.05, 4.69) is 10.1 Å². The summed E-state index contributed by atoms with van der Waals surface area (Å²) in [6, 6.07) is 8.74. The van der Waals surface area contributed by atoms with Crippen molar-refractivity contribution in [3.05, 3.63) is 63.1 Å². The molecule has 0 saturated heterocycles.